The number of benzene rings is 1. The summed E-state index contributed by atoms with van der Waals surface area (Å²) >= 11 is 6.09. The van der Waals surface area contributed by atoms with Crippen molar-refractivity contribution < 1.29 is 14.3 Å². The number of carbonyl (C=O) groups is 2. The second-order valence-electron chi connectivity index (χ2n) is 5.10. The van der Waals surface area contributed by atoms with Crippen molar-refractivity contribution in [1.82, 2.24) is 15.5 Å². The number of anilines is 1. The van der Waals surface area contributed by atoms with Gasteiger partial charge in [-0.05, 0) is 18.2 Å². The van der Waals surface area contributed by atoms with Gasteiger partial charge in [0.15, 0.2) is 5.69 Å². The standard InChI is InChI=1S/C15H15ClN4O3/c1-23-15(22)8-2-3-10(16)12(6-8)18-14(21)13-9-7-17-5-4-11(9)19-20-13/h2-3,6,17H,4-5,7H2,1H3,(H,18,21)(H,19,20). The van der Waals surface area contributed by atoms with Crippen LogP contribution >= 0.6 is 11.6 Å². The summed E-state index contributed by atoms with van der Waals surface area (Å²) in [6.45, 7) is 1.44. The fraction of sp³-hybridized carbons (Fsp3) is 0.267. The lowest BCUT2D eigenvalue weighted by Gasteiger charge is -2.13. The van der Waals surface area contributed by atoms with Crippen molar-refractivity contribution >= 4 is 29.2 Å². The summed E-state index contributed by atoms with van der Waals surface area (Å²) in [4.78, 5) is 24.0. The maximum Gasteiger partial charge on any atom is 0.337 e. The van der Waals surface area contributed by atoms with E-state index in [2.05, 4.69) is 25.6 Å². The molecule has 1 aliphatic heterocycles. The van der Waals surface area contributed by atoms with E-state index in [1.807, 2.05) is 0 Å². The Labute approximate surface area is 137 Å². The van der Waals surface area contributed by atoms with Crippen LogP contribution in [0.25, 0.3) is 0 Å². The number of ether oxygens (including phenoxy) is 1. The summed E-state index contributed by atoms with van der Waals surface area (Å²) in [5.74, 6) is -0.881. The predicted octanol–water partition coefficient (Wildman–Crippen LogP) is 1.75. The minimum absolute atomic E-state index is 0.304. The number of H-pyrrole nitrogens is 1. The molecule has 2 heterocycles. The molecule has 120 valence electrons. The molecule has 0 aliphatic carbocycles. The van der Waals surface area contributed by atoms with E-state index in [9.17, 15) is 9.59 Å². The van der Waals surface area contributed by atoms with E-state index in [1.54, 1.807) is 0 Å². The molecule has 1 aromatic carbocycles. The first-order chi connectivity index (χ1) is 11.1. The summed E-state index contributed by atoms with van der Waals surface area (Å²) in [6.07, 6.45) is 0.800. The van der Waals surface area contributed by atoms with Crippen molar-refractivity contribution in [2.45, 2.75) is 13.0 Å². The highest BCUT2D eigenvalue weighted by atomic mass is 35.5. The zero-order valence-corrected chi connectivity index (χ0v) is 13.2. The maximum absolute atomic E-state index is 12.5. The molecule has 8 heteroatoms. The molecule has 1 aromatic heterocycles. The number of hydrogen-bond donors (Lipinski definition) is 3. The SMILES string of the molecule is COC(=O)c1ccc(Cl)c(NC(=O)c2n[nH]c3c2CNCC3)c1. The number of halogens is 1. The molecule has 0 atom stereocenters. The third-order valence-electron chi connectivity index (χ3n) is 3.66. The normalized spacial score (nSPS) is 13.3. The number of rotatable bonds is 3. The molecule has 7 nitrogen and oxygen atoms in total. The molecule has 0 bridgehead atoms. The van der Waals surface area contributed by atoms with Crippen LogP contribution in [0.5, 0.6) is 0 Å². The molecule has 0 unspecified atom stereocenters. The van der Waals surface area contributed by atoms with Crippen LogP contribution in [-0.2, 0) is 17.7 Å². The lowest BCUT2D eigenvalue weighted by Crippen LogP contribution is -2.25. The number of aromatic amines is 1. The number of carbonyl (C=O) groups excluding carboxylic acids is 2. The maximum atomic E-state index is 12.5. The molecule has 1 aliphatic rings. The Morgan fingerprint density at radius 3 is 3.00 bits per heavy atom. The van der Waals surface area contributed by atoms with Gasteiger partial charge >= 0.3 is 5.97 Å². The van der Waals surface area contributed by atoms with Crippen molar-refractivity contribution in [3.05, 3.63) is 45.7 Å². The van der Waals surface area contributed by atoms with E-state index in [1.165, 1.54) is 25.3 Å². The number of hydrogen-bond acceptors (Lipinski definition) is 5. The molecule has 3 rings (SSSR count). The smallest absolute Gasteiger partial charge is 0.337 e. The Hall–Kier alpha value is -2.38. The molecule has 0 radical (unpaired) electrons. The molecule has 3 N–H and O–H groups in total. The van der Waals surface area contributed by atoms with Crippen LogP contribution in [-0.4, -0.2) is 35.7 Å². The highest BCUT2D eigenvalue weighted by Crippen LogP contribution is 2.25. The summed E-state index contributed by atoms with van der Waals surface area (Å²) < 4.78 is 4.66. The second-order valence-corrected chi connectivity index (χ2v) is 5.50. The molecule has 1 amide bonds. The number of methoxy groups -OCH3 is 1. The molecular formula is C15H15ClN4O3. The molecule has 0 fully saturated rings. The second kappa shape index (κ2) is 6.39. The highest BCUT2D eigenvalue weighted by molar-refractivity contribution is 6.34. The van der Waals surface area contributed by atoms with Gasteiger partial charge in [-0.3, -0.25) is 9.89 Å². The summed E-state index contributed by atoms with van der Waals surface area (Å²) in [6, 6.07) is 4.54. The molecule has 0 saturated heterocycles. The topological polar surface area (TPSA) is 96.1 Å². The lowest BCUT2D eigenvalue weighted by molar-refractivity contribution is 0.0600. The van der Waals surface area contributed by atoms with Crippen molar-refractivity contribution in [2.24, 2.45) is 0 Å². The quantitative estimate of drug-likeness (QED) is 0.743. The highest BCUT2D eigenvalue weighted by Gasteiger charge is 2.22. The van der Waals surface area contributed by atoms with Gasteiger partial charge in [0.1, 0.15) is 0 Å². The lowest BCUT2D eigenvalue weighted by atomic mass is 10.1. The zero-order chi connectivity index (χ0) is 16.4. The van der Waals surface area contributed by atoms with Crippen LogP contribution in [0.3, 0.4) is 0 Å². The summed E-state index contributed by atoms with van der Waals surface area (Å²) in [5, 5.41) is 13.2. The van der Waals surface area contributed by atoms with Crippen LogP contribution in [0.15, 0.2) is 18.2 Å². The van der Waals surface area contributed by atoms with E-state index < -0.39 is 5.97 Å². The van der Waals surface area contributed by atoms with Crippen LogP contribution in [0, 0.1) is 0 Å². The van der Waals surface area contributed by atoms with Gasteiger partial charge in [-0.2, -0.15) is 5.10 Å². The Morgan fingerprint density at radius 2 is 2.22 bits per heavy atom. The van der Waals surface area contributed by atoms with E-state index in [0.717, 1.165) is 24.2 Å². The third kappa shape index (κ3) is 3.06. The van der Waals surface area contributed by atoms with Gasteiger partial charge in [0.05, 0.1) is 23.4 Å². The van der Waals surface area contributed by atoms with Crippen molar-refractivity contribution in [2.75, 3.05) is 19.0 Å². The monoisotopic (exact) mass is 334 g/mol. The number of esters is 1. The fourth-order valence-electron chi connectivity index (χ4n) is 2.46. The van der Waals surface area contributed by atoms with Crippen LogP contribution in [0.2, 0.25) is 5.02 Å². The van der Waals surface area contributed by atoms with Crippen molar-refractivity contribution in [3.63, 3.8) is 0 Å². The fourth-order valence-corrected chi connectivity index (χ4v) is 2.63. The predicted molar refractivity (Wildman–Crippen MR) is 84.7 cm³/mol. The minimum Gasteiger partial charge on any atom is -0.465 e. The van der Waals surface area contributed by atoms with Crippen molar-refractivity contribution in [1.29, 1.82) is 0 Å². The van der Waals surface area contributed by atoms with Gasteiger partial charge in [0, 0.05) is 30.8 Å². The van der Waals surface area contributed by atoms with Gasteiger partial charge < -0.3 is 15.4 Å². The van der Waals surface area contributed by atoms with Gasteiger partial charge in [-0.15, -0.1) is 0 Å². The Morgan fingerprint density at radius 1 is 1.39 bits per heavy atom. The number of aromatic nitrogens is 2. The summed E-state index contributed by atoms with van der Waals surface area (Å²) in [7, 11) is 1.29. The number of nitrogens with one attached hydrogen (secondary N) is 3. The van der Waals surface area contributed by atoms with Crippen LogP contribution in [0.1, 0.15) is 32.1 Å². The van der Waals surface area contributed by atoms with E-state index in [0.29, 0.717) is 28.5 Å². The van der Waals surface area contributed by atoms with Crippen molar-refractivity contribution in [3.8, 4) is 0 Å². The van der Waals surface area contributed by atoms with E-state index in [-0.39, 0.29) is 5.91 Å². The molecular weight excluding hydrogens is 320 g/mol. The largest absolute Gasteiger partial charge is 0.465 e. The van der Waals surface area contributed by atoms with Crippen LogP contribution < -0.4 is 10.6 Å². The van der Waals surface area contributed by atoms with Crippen LogP contribution in [0.4, 0.5) is 5.69 Å². The van der Waals surface area contributed by atoms with E-state index in [4.69, 9.17) is 11.6 Å². The number of amides is 1. The average molecular weight is 335 g/mol. The molecule has 2 aromatic rings. The first-order valence-electron chi connectivity index (χ1n) is 7.06. The first-order valence-corrected chi connectivity index (χ1v) is 7.44. The van der Waals surface area contributed by atoms with E-state index >= 15 is 0 Å². The zero-order valence-electron chi connectivity index (χ0n) is 12.4. The van der Waals surface area contributed by atoms with Gasteiger partial charge in [0.25, 0.3) is 5.91 Å². The summed E-state index contributed by atoms with van der Waals surface area (Å²) in [5.41, 5.74) is 2.78. The number of fused-ring (bicyclic) bond motifs is 1. The number of nitrogens with zero attached hydrogens (tertiary/aromatic N) is 1. The minimum atomic E-state index is -0.501. The average Bonchev–Trinajstić information content (AvgIpc) is 3.00. The van der Waals surface area contributed by atoms with Gasteiger partial charge in [-0.1, -0.05) is 11.6 Å². The van der Waals surface area contributed by atoms with Gasteiger partial charge in [-0.25, -0.2) is 4.79 Å². The Balaban J connectivity index is 1.85. The first kappa shape index (κ1) is 15.5. The van der Waals surface area contributed by atoms with Gasteiger partial charge in [0.2, 0.25) is 0 Å². The Kier molecular flexibility index (Phi) is 4.31. The molecule has 23 heavy (non-hydrogen) atoms. The third-order valence-corrected chi connectivity index (χ3v) is 3.99. The molecule has 0 saturated carbocycles. The Bertz CT molecular complexity index is 772. The molecule has 0 spiro atoms.